The second-order valence-corrected chi connectivity index (χ2v) is 6.49. The molecule has 1 N–H and O–H groups in total. The van der Waals surface area contributed by atoms with Crippen LogP contribution in [0, 0.1) is 17.0 Å². The Kier molecular flexibility index (Phi) is 3.99. The Morgan fingerprint density at radius 3 is 2.58 bits per heavy atom. The van der Waals surface area contributed by atoms with Crippen molar-refractivity contribution in [3.05, 3.63) is 35.4 Å². The van der Waals surface area contributed by atoms with E-state index in [0.29, 0.717) is 0 Å². The second kappa shape index (κ2) is 5.36. The molecule has 0 spiro atoms. The van der Waals surface area contributed by atoms with Crippen molar-refractivity contribution < 1.29 is 22.9 Å². The summed E-state index contributed by atoms with van der Waals surface area (Å²) in [6.45, 7) is 0. The number of rotatable bonds is 6. The molecular weight excluding hydrogens is 274 g/mol. The topological polar surface area (TPSA) is 54.4 Å². The summed E-state index contributed by atoms with van der Waals surface area (Å²) in [5, 5.41) is 8.77. The number of benzene rings is 1. The minimum atomic E-state index is -1.34. The van der Waals surface area contributed by atoms with Gasteiger partial charge in [-0.25, -0.2) is 8.78 Å². The van der Waals surface area contributed by atoms with Crippen LogP contribution in [0.2, 0.25) is 0 Å². The first kappa shape index (κ1) is 14.1. The van der Waals surface area contributed by atoms with Gasteiger partial charge in [0.2, 0.25) is 0 Å². The molecule has 1 atom stereocenters. The largest absolute Gasteiger partial charge is 0.481 e. The predicted octanol–water partition coefficient (Wildman–Crippen LogP) is 2.47. The molecule has 6 heteroatoms. The number of hydrogen-bond donors (Lipinski definition) is 1. The third kappa shape index (κ3) is 3.83. The molecule has 0 bridgehead atoms. The molecule has 3 nitrogen and oxygen atoms in total. The van der Waals surface area contributed by atoms with Gasteiger partial charge >= 0.3 is 5.97 Å². The van der Waals surface area contributed by atoms with Gasteiger partial charge in [0.25, 0.3) is 0 Å². The monoisotopic (exact) mass is 288 g/mol. The molecule has 1 unspecified atom stereocenters. The molecule has 1 aromatic carbocycles. The Balaban J connectivity index is 1.96. The Morgan fingerprint density at radius 2 is 2.05 bits per heavy atom. The fraction of sp³-hybridized carbons (Fsp3) is 0.462. The molecule has 104 valence electrons. The molecule has 1 aliphatic rings. The van der Waals surface area contributed by atoms with Gasteiger partial charge in [-0.2, -0.15) is 0 Å². The van der Waals surface area contributed by atoms with Crippen LogP contribution in [0.15, 0.2) is 18.2 Å². The second-order valence-electron chi connectivity index (χ2n) is 5.03. The van der Waals surface area contributed by atoms with Crippen molar-refractivity contribution in [2.75, 3.05) is 5.75 Å². The van der Waals surface area contributed by atoms with E-state index in [4.69, 9.17) is 5.11 Å². The minimum Gasteiger partial charge on any atom is -0.481 e. The van der Waals surface area contributed by atoms with Crippen molar-refractivity contribution in [2.45, 2.75) is 25.0 Å². The quantitative estimate of drug-likeness (QED) is 0.875. The zero-order chi connectivity index (χ0) is 14.0. The van der Waals surface area contributed by atoms with Crippen LogP contribution in [0.25, 0.3) is 0 Å². The summed E-state index contributed by atoms with van der Waals surface area (Å²) in [6, 6.07) is 3.16. The average Bonchev–Trinajstić information content (AvgIpc) is 3.00. The third-order valence-electron chi connectivity index (χ3n) is 3.28. The Bertz CT molecular complexity index is 527. The van der Waals surface area contributed by atoms with Gasteiger partial charge in [0, 0.05) is 28.2 Å². The Labute approximate surface area is 112 Å². The SMILES string of the molecule is O=C(O)CC1(CS(=O)Cc2ccc(F)cc2F)CC1. The first-order valence-electron chi connectivity index (χ1n) is 5.91. The fourth-order valence-corrected chi connectivity index (χ4v) is 3.83. The summed E-state index contributed by atoms with van der Waals surface area (Å²) in [6.07, 6.45) is 1.50. The van der Waals surface area contributed by atoms with E-state index in [1.54, 1.807) is 0 Å². The van der Waals surface area contributed by atoms with E-state index < -0.39 is 28.4 Å². The molecule has 0 amide bonds. The number of carbonyl (C=O) groups is 1. The maximum absolute atomic E-state index is 13.4. The smallest absolute Gasteiger partial charge is 0.303 e. The zero-order valence-electron chi connectivity index (χ0n) is 10.2. The number of aliphatic carboxylic acids is 1. The van der Waals surface area contributed by atoms with E-state index in [1.165, 1.54) is 6.07 Å². The van der Waals surface area contributed by atoms with Gasteiger partial charge in [-0.3, -0.25) is 9.00 Å². The molecular formula is C13H14F2O3S. The van der Waals surface area contributed by atoms with Crippen LogP contribution in [0.5, 0.6) is 0 Å². The van der Waals surface area contributed by atoms with Crippen molar-refractivity contribution in [3.8, 4) is 0 Å². The first-order chi connectivity index (χ1) is 8.90. The summed E-state index contributed by atoms with van der Waals surface area (Å²) in [5.41, 5.74) is -0.182. The maximum atomic E-state index is 13.4. The van der Waals surface area contributed by atoms with Crippen LogP contribution >= 0.6 is 0 Å². The van der Waals surface area contributed by atoms with Crippen LogP contribution in [-0.2, 0) is 21.3 Å². The molecule has 1 saturated carbocycles. The number of halogens is 2. The van der Waals surface area contributed by atoms with Crippen LogP contribution in [0.1, 0.15) is 24.8 Å². The van der Waals surface area contributed by atoms with Gasteiger partial charge in [0.1, 0.15) is 11.6 Å². The normalized spacial score (nSPS) is 18.0. The van der Waals surface area contributed by atoms with Gasteiger partial charge in [-0.05, 0) is 24.3 Å². The van der Waals surface area contributed by atoms with Crippen molar-refractivity contribution in [1.29, 1.82) is 0 Å². The lowest BCUT2D eigenvalue weighted by atomic mass is 10.1. The highest BCUT2D eigenvalue weighted by molar-refractivity contribution is 7.84. The molecule has 1 aromatic rings. The van der Waals surface area contributed by atoms with E-state index in [2.05, 4.69) is 0 Å². The summed E-state index contributed by atoms with van der Waals surface area (Å²) in [4.78, 5) is 10.7. The standard InChI is InChI=1S/C13H14F2O3S/c14-10-2-1-9(11(15)5-10)7-19(18)8-13(3-4-13)6-12(16)17/h1-2,5H,3-4,6-8H2,(H,16,17). The molecule has 0 heterocycles. The zero-order valence-corrected chi connectivity index (χ0v) is 11.0. The van der Waals surface area contributed by atoms with E-state index in [9.17, 15) is 17.8 Å². The van der Waals surface area contributed by atoms with Crippen molar-refractivity contribution in [3.63, 3.8) is 0 Å². The van der Waals surface area contributed by atoms with Crippen LogP contribution in [0.3, 0.4) is 0 Å². The van der Waals surface area contributed by atoms with Crippen LogP contribution in [0.4, 0.5) is 8.78 Å². The molecule has 19 heavy (non-hydrogen) atoms. The lowest BCUT2D eigenvalue weighted by molar-refractivity contribution is -0.138. The van der Waals surface area contributed by atoms with Crippen molar-refractivity contribution in [2.24, 2.45) is 5.41 Å². The first-order valence-corrected chi connectivity index (χ1v) is 7.40. The van der Waals surface area contributed by atoms with Gasteiger partial charge in [-0.1, -0.05) is 6.07 Å². The van der Waals surface area contributed by atoms with E-state index >= 15 is 0 Å². The lowest BCUT2D eigenvalue weighted by Gasteiger charge is -2.12. The fourth-order valence-electron chi connectivity index (χ4n) is 2.07. The highest BCUT2D eigenvalue weighted by Crippen LogP contribution is 2.49. The van der Waals surface area contributed by atoms with Crippen LogP contribution in [-0.4, -0.2) is 21.0 Å². The number of hydrogen-bond acceptors (Lipinski definition) is 2. The summed E-state index contributed by atoms with van der Waals surface area (Å²) in [5.74, 6) is -2.03. The molecule has 0 aliphatic heterocycles. The van der Waals surface area contributed by atoms with Gasteiger partial charge in [0.05, 0.1) is 12.2 Å². The summed E-state index contributed by atoms with van der Waals surface area (Å²) in [7, 11) is -1.34. The Morgan fingerprint density at radius 1 is 1.37 bits per heavy atom. The van der Waals surface area contributed by atoms with Crippen molar-refractivity contribution in [1.82, 2.24) is 0 Å². The van der Waals surface area contributed by atoms with Gasteiger partial charge in [-0.15, -0.1) is 0 Å². The molecule has 2 rings (SSSR count). The predicted molar refractivity (Wildman–Crippen MR) is 67.0 cm³/mol. The Hall–Kier alpha value is -1.30. The highest BCUT2D eigenvalue weighted by Gasteiger charge is 2.45. The highest BCUT2D eigenvalue weighted by atomic mass is 32.2. The van der Waals surface area contributed by atoms with E-state index in [-0.39, 0.29) is 28.9 Å². The average molecular weight is 288 g/mol. The number of carboxylic acids is 1. The molecule has 0 saturated heterocycles. The lowest BCUT2D eigenvalue weighted by Crippen LogP contribution is -2.17. The van der Waals surface area contributed by atoms with Gasteiger partial charge < -0.3 is 5.11 Å². The van der Waals surface area contributed by atoms with E-state index in [0.717, 1.165) is 25.0 Å². The minimum absolute atomic E-state index is 0.00460. The molecule has 0 aromatic heterocycles. The summed E-state index contributed by atoms with van der Waals surface area (Å²) < 4.78 is 38.1. The third-order valence-corrected chi connectivity index (χ3v) is 4.85. The summed E-state index contributed by atoms with van der Waals surface area (Å²) >= 11 is 0. The van der Waals surface area contributed by atoms with Crippen molar-refractivity contribution >= 4 is 16.8 Å². The molecule has 0 radical (unpaired) electrons. The molecule has 1 fully saturated rings. The van der Waals surface area contributed by atoms with Gasteiger partial charge in [0.15, 0.2) is 0 Å². The maximum Gasteiger partial charge on any atom is 0.303 e. The number of carboxylic acid groups (broad SMARTS) is 1. The van der Waals surface area contributed by atoms with Crippen LogP contribution < -0.4 is 0 Å². The molecule has 1 aliphatic carbocycles. The van der Waals surface area contributed by atoms with E-state index in [1.807, 2.05) is 0 Å².